The molecule has 0 aliphatic heterocycles. The van der Waals surface area contributed by atoms with Gasteiger partial charge in [-0.2, -0.15) is 0 Å². The number of hydrogen-bond acceptors (Lipinski definition) is 2. The van der Waals surface area contributed by atoms with E-state index in [1.165, 1.54) is 0 Å². The van der Waals surface area contributed by atoms with Crippen molar-refractivity contribution in [1.82, 2.24) is 4.72 Å². The van der Waals surface area contributed by atoms with Gasteiger partial charge in [-0.15, -0.1) is 0 Å². The normalized spacial score (nSPS) is 14.9. The quantitative estimate of drug-likeness (QED) is 0.698. The van der Waals surface area contributed by atoms with Crippen molar-refractivity contribution >= 4 is 10.0 Å². The molecule has 66 valence electrons. The molecule has 1 unspecified atom stereocenters. The molecule has 0 spiro atoms. The molecule has 0 saturated heterocycles. The first-order chi connectivity index (χ1) is 4.89. The maximum Gasteiger partial charge on any atom is 0.233 e. The van der Waals surface area contributed by atoms with Crippen LogP contribution >= 0.6 is 0 Å². The lowest BCUT2D eigenvalue weighted by molar-refractivity contribution is 0.480. The molecule has 4 heteroatoms. The van der Waals surface area contributed by atoms with Crippen molar-refractivity contribution in [3.05, 3.63) is 12.0 Å². The summed E-state index contributed by atoms with van der Waals surface area (Å²) in [6, 6.07) is -0.0435. The zero-order valence-corrected chi connectivity index (χ0v) is 7.98. The van der Waals surface area contributed by atoms with Gasteiger partial charge in [-0.3, -0.25) is 0 Å². The van der Waals surface area contributed by atoms with Gasteiger partial charge in [-0.25, -0.2) is 13.1 Å². The van der Waals surface area contributed by atoms with E-state index in [-0.39, 0.29) is 6.04 Å². The van der Waals surface area contributed by atoms with Crippen LogP contribution in [0.5, 0.6) is 0 Å². The molecule has 0 radical (unpaired) electrons. The minimum Gasteiger partial charge on any atom is -0.209 e. The average molecular weight is 177 g/mol. The fourth-order valence-electron chi connectivity index (χ4n) is 0.443. The molecule has 1 atom stereocenters. The molecule has 0 amide bonds. The monoisotopic (exact) mass is 177 g/mol. The van der Waals surface area contributed by atoms with E-state index in [0.717, 1.165) is 5.41 Å². The summed E-state index contributed by atoms with van der Waals surface area (Å²) in [6.07, 6.45) is 0. The van der Waals surface area contributed by atoms with Gasteiger partial charge in [0, 0.05) is 11.4 Å². The zero-order chi connectivity index (χ0) is 9.07. The molecule has 0 aliphatic rings. The van der Waals surface area contributed by atoms with Gasteiger partial charge < -0.3 is 0 Å². The zero-order valence-electron chi connectivity index (χ0n) is 7.16. The van der Waals surface area contributed by atoms with Crippen LogP contribution in [-0.2, 0) is 10.0 Å². The third-order valence-corrected chi connectivity index (χ3v) is 2.71. The molecule has 0 rings (SSSR count). The van der Waals surface area contributed by atoms with E-state index in [0.29, 0.717) is 5.92 Å². The predicted molar refractivity (Wildman–Crippen MR) is 46.6 cm³/mol. The number of sulfonamides is 1. The highest BCUT2D eigenvalue weighted by atomic mass is 32.2. The second-order valence-electron chi connectivity index (χ2n) is 2.86. The fourth-order valence-corrected chi connectivity index (χ4v) is 1.33. The average Bonchev–Trinajstić information content (AvgIpc) is 1.87. The summed E-state index contributed by atoms with van der Waals surface area (Å²) in [7, 11) is -3.25. The van der Waals surface area contributed by atoms with Crippen molar-refractivity contribution in [2.75, 3.05) is 0 Å². The van der Waals surface area contributed by atoms with Crippen LogP contribution in [0.4, 0.5) is 0 Å². The third-order valence-electron chi connectivity index (χ3n) is 1.57. The van der Waals surface area contributed by atoms with Gasteiger partial charge in [0.05, 0.1) is 0 Å². The third kappa shape index (κ3) is 4.16. The van der Waals surface area contributed by atoms with E-state index in [1.807, 2.05) is 20.8 Å². The molecular weight excluding hydrogens is 162 g/mol. The van der Waals surface area contributed by atoms with Crippen LogP contribution < -0.4 is 4.72 Å². The predicted octanol–water partition coefficient (Wildman–Crippen LogP) is 1.09. The Morgan fingerprint density at radius 1 is 1.36 bits per heavy atom. The van der Waals surface area contributed by atoms with E-state index in [9.17, 15) is 8.42 Å². The Morgan fingerprint density at radius 2 is 1.82 bits per heavy atom. The fraction of sp³-hybridized carbons (Fsp3) is 0.714. The Labute approximate surface area is 68.5 Å². The van der Waals surface area contributed by atoms with Crippen LogP contribution in [0.25, 0.3) is 0 Å². The maximum atomic E-state index is 10.9. The highest BCUT2D eigenvalue weighted by Gasteiger charge is 2.12. The first kappa shape index (κ1) is 10.7. The van der Waals surface area contributed by atoms with Crippen LogP contribution in [0, 0.1) is 5.92 Å². The molecule has 11 heavy (non-hydrogen) atoms. The lowest BCUT2D eigenvalue weighted by Gasteiger charge is -2.15. The highest BCUT2D eigenvalue weighted by Crippen LogP contribution is 2.01. The van der Waals surface area contributed by atoms with Gasteiger partial charge in [0.25, 0.3) is 0 Å². The minimum absolute atomic E-state index is 0.0435. The van der Waals surface area contributed by atoms with E-state index in [1.54, 1.807) is 0 Å². The Bertz CT molecular complexity index is 219. The molecule has 0 fully saturated rings. The summed E-state index contributed by atoms with van der Waals surface area (Å²) in [6.45, 7) is 8.93. The summed E-state index contributed by atoms with van der Waals surface area (Å²) in [5.74, 6) is 0.296. The lowest BCUT2D eigenvalue weighted by atomic mass is 10.1. The largest absolute Gasteiger partial charge is 0.233 e. The molecule has 0 aliphatic carbocycles. The van der Waals surface area contributed by atoms with E-state index in [2.05, 4.69) is 11.3 Å². The second-order valence-corrected chi connectivity index (χ2v) is 4.52. The van der Waals surface area contributed by atoms with Crippen LogP contribution in [0.1, 0.15) is 20.8 Å². The van der Waals surface area contributed by atoms with Crippen molar-refractivity contribution in [2.45, 2.75) is 26.8 Å². The van der Waals surface area contributed by atoms with E-state index in [4.69, 9.17) is 0 Å². The summed E-state index contributed by atoms with van der Waals surface area (Å²) in [5, 5.41) is 0.923. The van der Waals surface area contributed by atoms with E-state index < -0.39 is 10.0 Å². The lowest BCUT2D eigenvalue weighted by Crippen LogP contribution is -2.34. The maximum absolute atomic E-state index is 10.9. The van der Waals surface area contributed by atoms with Crippen molar-refractivity contribution in [1.29, 1.82) is 0 Å². The Morgan fingerprint density at radius 3 is 2.09 bits per heavy atom. The molecule has 0 bridgehead atoms. The van der Waals surface area contributed by atoms with Crippen LogP contribution in [-0.4, -0.2) is 14.5 Å². The Balaban J connectivity index is 4.16. The van der Waals surface area contributed by atoms with E-state index >= 15 is 0 Å². The minimum atomic E-state index is -3.25. The van der Waals surface area contributed by atoms with Crippen LogP contribution in [0.2, 0.25) is 0 Å². The van der Waals surface area contributed by atoms with Crippen molar-refractivity contribution in [2.24, 2.45) is 5.92 Å². The first-order valence-electron chi connectivity index (χ1n) is 3.54. The molecule has 3 nitrogen and oxygen atoms in total. The van der Waals surface area contributed by atoms with Gasteiger partial charge in [0.1, 0.15) is 0 Å². The van der Waals surface area contributed by atoms with Gasteiger partial charge in [-0.1, -0.05) is 20.4 Å². The standard InChI is InChI=1S/C7H15NO2S/c1-5-11(9,10)8-7(4)6(2)3/h5-8H,1H2,2-4H3. The van der Waals surface area contributed by atoms with Gasteiger partial charge >= 0.3 is 0 Å². The molecule has 1 N–H and O–H groups in total. The van der Waals surface area contributed by atoms with Crippen molar-refractivity contribution < 1.29 is 8.42 Å². The van der Waals surface area contributed by atoms with Crippen molar-refractivity contribution in [3.8, 4) is 0 Å². The number of rotatable bonds is 4. The Kier molecular flexibility index (Phi) is 3.75. The molecule has 0 saturated carbocycles. The highest BCUT2D eigenvalue weighted by molar-refractivity contribution is 7.92. The first-order valence-corrected chi connectivity index (χ1v) is 5.08. The summed E-state index contributed by atoms with van der Waals surface area (Å²) >= 11 is 0. The molecule has 0 aromatic heterocycles. The SMILES string of the molecule is C=CS(=O)(=O)NC(C)C(C)C. The molecule has 0 heterocycles. The van der Waals surface area contributed by atoms with Crippen LogP contribution in [0.3, 0.4) is 0 Å². The van der Waals surface area contributed by atoms with Gasteiger partial charge in [0.2, 0.25) is 10.0 Å². The number of hydrogen-bond donors (Lipinski definition) is 1. The number of nitrogens with one attached hydrogen (secondary N) is 1. The van der Waals surface area contributed by atoms with Gasteiger partial charge in [0.15, 0.2) is 0 Å². The molecular formula is C7H15NO2S. The molecule has 0 aromatic rings. The summed E-state index contributed by atoms with van der Waals surface area (Å²) < 4.78 is 24.2. The second kappa shape index (κ2) is 3.88. The van der Waals surface area contributed by atoms with Crippen LogP contribution in [0.15, 0.2) is 12.0 Å². The summed E-state index contributed by atoms with van der Waals surface area (Å²) in [4.78, 5) is 0. The summed E-state index contributed by atoms with van der Waals surface area (Å²) in [5.41, 5.74) is 0. The molecule has 0 aromatic carbocycles. The topological polar surface area (TPSA) is 46.2 Å². The smallest absolute Gasteiger partial charge is 0.209 e. The Hall–Kier alpha value is -0.350. The van der Waals surface area contributed by atoms with Gasteiger partial charge in [-0.05, 0) is 12.8 Å². The van der Waals surface area contributed by atoms with Crippen molar-refractivity contribution in [3.63, 3.8) is 0 Å².